The maximum Gasteiger partial charge on any atom is 0.132 e. The number of nitrogens with zero attached hydrogens (tertiary/aromatic N) is 1. The third kappa shape index (κ3) is 3.92. The van der Waals surface area contributed by atoms with Gasteiger partial charge < -0.3 is 4.74 Å². The van der Waals surface area contributed by atoms with E-state index in [1.807, 2.05) is 0 Å². The van der Waals surface area contributed by atoms with Crippen molar-refractivity contribution in [1.82, 2.24) is 4.48 Å². The molecule has 0 radical (unpaired) electrons. The molecule has 0 aliphatic heterocycles. The van der Waals surface area contributed by atoms with Gasteiger partial charge in [0.15, 0.2) is 0 Å². The van der Waals surface area contributed by atoms with E-state index in [2.05, 4.69) is 52.3 Å². The minimum atomic E-state index is 0.820. The van der Waals surface area contributed by atoms with Crippen LogP contribution in [0.2, 0.25) is 0 Å². The number of unbranched alkanes of at least 4 members (excludes halogenated alkanes) is 1. The Bertz CT molecular complexity index is 284. The Kier molecular flexibility index (Phi) is 4.15. The van der Waals surface area contributed by atoms with Crippen molar-refractivity contribution < 1.29 is 4.74 Å². The first-order valence-electron chi connectivity index (χ1n) is 5.59. The Hall–Kier alpha value is -1.02. The highest BCUT2D eigenvalue weighted by molar-refractivity contribution is 5.44. The van der Waals surface area contributed by atoms with E-state index in [0.717, 1.165) is 23.3 Å². The Morgan fingerprint density at radius 1 is 1.07 bits per heavy atom. The van der Waals surface area contributed by atoms with Crippen molar-refractivity contribution in [3.8, 4) is 5.75 Å². The zero-order chi connectivity index (χ0) is 11.3. The monoisotopic (exact) mass is 208 g/mol. The van der Waals surface area contributed by atoms with Crippen molar-refractivity contribution in [2.24, 2.45) is 0 Å². The van der Waals surface area contributed by atoms with Crippen LogP contribution < -0.4 is 9.22 Å². The first kappa shape index (κ1) is 12.1. The van der Waals surface area contributed by atoms with Crippen molar-refractivity contribution >= 4 is 5.69 Å². The lowest BCUT2D eigenvalue weighted by Crippen LogP contribution is -2.34. The normalized spacial score (nSPS) is 11.5. The third-order valence-electron chi connectivity index (χ3n) is 2.38. The van der Waals surface area contributed by atoms with Crippen molar-refractivity contribution in [1.29, 1.82) is 0 Å². The first-order valence-corrected chi connectivity index (χ1v) is 5.59. The highest BCUT2D eigenvalue weighted by Crippen LogP contribution is 2.20. The molecular weight excluding hydrogens is 186 g/mol. The van der Waals surface area contributed by atoms with E-state index in [4.69, 9.17) is 4.74 Å². The van der Waals surface area contributed by atoms with Crippen LogP contribution >= 0.6 is 0 Å². The molecule has 0 atom stereocenters. The standard InChI is InChI=1S/C13H22NO/c1-5-6-11-15-13-9-7-12(8-10-13)14(2,3)4/h7-10H,5-6,11H2,1-4H3/q+1. The molecule has 1 aromatic rings. The summed E-state index contributed by atoms with van der Waals surface area (Å²) in [5, 5.41) is 0. The van der Waals surface area contributed by atoms with Crippen LogP contribution in [0.25, 0.3) is 0 Å². The van der Waals surface area contributed by atoms with Gasteiger partial charge in [-0.05, 0) is 18.6 Å². The summed E-state index contributed by atoms with van der Waals surface area (Å²) >= 11 is 0. The zero-order valence-electron chi connectivity index (χ0n) is 10.3. The molecule has 84 valence electrons. The lowest BCUT2D eigenvalue weighted by molar-refractivity contribution is 0.309. The summed E-state index contributed by atoms with van der Waals surface area (Å²) in [5.41, 5.74) is 1.29. The van der Waals surface area contributed by atoms with E-state index < -0.39 is 0 Å². The topological polar surface area (TPSA) is 9.23 Å². The smallest absolute Gasteiger partial charge is 0.132 e. The van der Waals surface area contributed by atoms with Gasteiger partial charge in [-0.2, -0.15) is 0 Å². The van der Waals surface area contributed by atoms with Gasteiger partial charge in [0.2, 0.25) is 0 Å². The molecule has 0 saturated heterocycles. The molecule has 0 aliphatic carbocycles. The summed E-state index contributed by atoms with van der Waals surface area (Å²) in [4.78, 5) is 0. The Balaban J connectivity index is 2.57. The van der Waals surface area contributed by atoms with Gasteiger partial charge in [-0.15, -0.1) is 0 Å². The van der Waals surface area contributed by atoms with Gasteiger partial charge in [0, 0.05) is 12.1 Å². The summed E-state index contributed by atoms with van der Waals surface area (Å²) < 4.78 is 6.45. The minimum Gasteiger partial charge on any atom is -0.494 e. The van der Waals surface area contributed by atoms with Crippen molar-refractivity contribution in [2.45, 2.75) is 19.8 Å². The fourth-order valence-electron chi connectivity index (χ4n) is 1.32. The summed E-state index contributed by atoms with van der Waals surface area (Å²) in [6.07, 6.45) is 2.30. The molecule has 0 fully saturated rings. The van der Waals surface area contributed by atoms with E-state index in [-0.39, 0.29) is 0 Å². The van der Waals surface area contributed by atoms with E-state index >= 15 is 0 Å². The van der Waals surface area contributed by atoms with Crippen LogP contribution in [0.4, 0.5) is 5.69 Å². The molecule has 2 nitrogen and oxygen atoms in total. The second kappa shape index (κ2) is 5.17. The second-order valence-electron chi connectivity index (χ2n) is 4.71. The van der Waals surface area contributed by atoms with Crippen LogP contribution in [-0.4, -0.2) is 27.7 Å². The lowest BCUT2D eigenvalue weighted by atomic mass is 10.2. The van der Waals surface area contributed by atoms with Gasteiger partial charge >= 0.3 is 0 Å². The van der Waals surface area contributed by atoms with Crippen LogP contribution in [0, 0.1) is 0 Å². The molecule has 1 rings (SSSR count). The fraction of sp³-hybridized carbons (Fsp3) is 0.538. The molecule has 0 unspecified atom stereocenters. The van der Waals surface area contributed by atoms with E-state index in [9.17, 15) is 0 Å². The molecule has 1 aromatic carbocycles. The summed E-state index contributed by atoms with van der Waals surface area (Å²) in [5.74, 6) is 0.973. The van der Waals surface area contributed by atoms with Crippen LogP contribution in [0.3, 0.4) is 0 Å². The average molecular weight is 208 g/mol. The van der Waals surface area contributed by atoms with Crippen molar-refractivity contribution in [3.05, 3.63) is 24.3 Å². The SMILES string of the molecule is CCCCOc1ccc([N+](C)(C)C)cc1. The number of rotatable bonds is 5. The van der Waals surface area contributed by atoms with Crippen LogP contribution in [-0.2, 0) is 0 Å². The van der Waals surface area contributed by atoms with Gasteiger partial charge in [0.1, 0.15) is 11.4 Å². The van der Waals surface area contributed by atoms with E-state index in [1.54, 1.807) is 0 Å². The number of hydrogen-bond acceptors (Lipinski definition) is 1. The molecule has 0 saturated carbocycles. The second-order valence-corrected chi connectivity index (χ2v) is 4.71. The Morgan fingerprint density at radius 3 is 2.13 bits per heavy atom. The number of quaternary nitrogens is 1. The summed E-state index contributed by atoms with van der Waals surface area (Å²) in [6, 6.07) is 8.35. The van der Waals surface area contributed by atoms with Gasteiger partial charge in [-0.3, -0.25) is 4.48 Å². The largest absolute Gasteiger partial charge is 0.494 e. The van der Waals surface area contributed by atoms with E-state index in [1.165, 1.54) is 12.1 Å². The molecular formula is C13H22NO+. The first-order chi connectivity index (χ1) is 7.04. The fourth-order valence-corrected chi connectivity index (χ4v) is 1.32. The molecule has 15 heavy (non-hydrogen) atoms. The molecule has 0 aromatic heterocycles. The summed E-state index contributed by atoms with van der Waals surface area (Å²) in [6.45, 7) is 2.99. The Labute approximate surface area is 93.1 Å². The van der Waals surface area contributed by atoms with Crippen LogP contribution in [0.15, 0.2) is 24.3 Å². The molecule has 0 amide bonds. The predicted octanol–water partition coefficient (Wildman–Crippen LogP) is 3.06. The van der Waals surface area contributed by atoms with Gasteiger partial charge in [-0.25, -0.2) is 0 Å². The average Bonchev–Trinajstić information content (AvgIpc) is 2.18. The van der Waals surface area contributed by atoms with Gasteiger partial charge in [0.25, 0.3) is 0 Å². The molecule has 0 bridgehead atoms. The molecule has 2 heteroatoms. The Morgan fingerprint density at radius 2 is 1.67 bits per heavy atom. The van der Waals surface area contributed by atoms with E-state index in [0.29, 0.717) is 0 Å². The van der Waals surface area contributed by atoms with Crippen molar-refractivity contribution in [3.63, 3.8) is 0 Å². The van der Waals surface area contributed by atoms with Gasteiger partial charge in [0.05, 0.1) is 27.7 Å². The zero-order valence-corrected chi connectivity index (χ0v) is 10.3. The lowest BCUT2D eigenvalue weighted by Gasteiger charge is -2.23. The summed E-state index contributed by atoms with van der Waals surface area (Å²) in [7, 11) is 6.48. The van der Waals surface area contributed by atoms with Crippen LogP contribution in [0.5, 0.6) is 5.75 Å². The maximum atomic E-state index is 5.61. The minimum absolute atomic E-state index is 0.820. The molecule has 0 aliphatic rings. The highest BCUT2D eigenvalue weighted by atomic mass is 16.5. The number of ether oxygens (including phenoxy) is 1. The third-order valence-corrected chi connectivity index (χ3v) is 2.38. The molecule has 0 spiro atoms. The van der Waals surface area contributed by atoms with Crippen molar-refractivity contribution in [2.75, 3.05) is 27.7 Å². The number of benzene rings is 1. The molecule has 0 N–H and O–H groups in total. The number of hydrogen-bond donors (Lipinski definition) is 0. The quantitative estimate of drug-likeness (QED) is 0.534. The molecule has 0 heterocycles. The van der Waals surface area contributed by atoms with Gasteiger partial charge in [-0.1, -0.05) is 13.3 Å². The predicted molar refractivity (Wildman–Crippen MR) is 66.4 cm³/mol. The highest BCUT2D eigenvalue weighted by Gasteiger charge is 2.10. The maximum absolute atomic E-state index is 5.61. The van der Waals surface area contributed by atoms with Crippen LogP contribution in [0.1, 0.15) is 19.8 Å².